The van der Waals surface area contributed by atoms with Gasteiger partial charge in [0.2, 0.25) is 0 Å². The Morgan fingerprint density at radius 2 is 1.69 bits per heavy atom. The zero-order chi connectivity index (χ0) is 18.1. The fourth-order valence-corrected chi connectivity index (χ4v) is 3.80. The van der Waals surface area contributed by atoms with Crippen LogP contribution in [0.3, 0.4) is 0 Å². The van der Waals surface area contributed by atoms with Crippen molar-refractivity contribution in [2.75, 3.05) is 12.3 Å². The van der Waals surface area contributed by atoms with Crippen molar-refractivity contribution in [1.29, 1.82) is 0 Å². The van der Waals surface area contributed by atoms with Gasteiger partial charge in [0.25, 0.3) is 10.0 Å². The number of rotatable bonds is 3. The van der Waals surface area contributed by atoms with Crippen molar-refractivity contribution >= 4 is 27.1 Å². The Hall–Kier alpha value is -2.93. The molecular weight excluding hydrogens is 350 g/mol. The molecule has 0 amide bonds. The van der Waals surface area contributed by atoms with Crippen LogP contribution < -0.4 is 4.74 Å². The molecule has 0 saturated heterocycles. The molecule has 0 aromatic heterocycles. The first-order valence-electron chi connectivity index (χ1n) is 8.21. The summed E-state index contributed by atoms with van der Waals surface area (Å²) in [7, 11) is -3.45. The Morgan fingerprint density at radius 1 is 1.00 bits per heavy atom. The summed E-state index contributed by atoms with van der Waals surface area (Å²) in [6.45, 7) is 2.19. The lowest BCUT2D eigenvalue weighted by atomic mass is 10.0. The minimum absolute atomic E-state index is 0.0234. The summed E-state index contributed by atoms with van der Waals surface area (Å²) >= 11 is 0. The predicted octanol–water partition coefficient (Wildman–Crippen LogP) is 3.30. The topological polar surface area (TPSA) is 71.3 Å². The van der Waals surface area contributed by atoms with Crippen LogP contribution >= 0.6 is 0 Å². The molecule has 6 nitrogen and oxygen atoms in total. The normalized spacial score (nSPS) is 18.3. The minimum Gasteiger partial charge on any atom is -0.457 e. The summed E-state index contributed by atoms with van der Waals surface area (Å²) in [4.78, 5) is 0. The van der Waals surface area contributed by atoms with Crippen LogP contribution in [0.4, 0.5) is 0 Å². The molecule has 0 spiro atoms. The van der Waals surface area contributed by atoms with E-state index in [1.807, 2.05) is 67.6 Å². The molecule has 2 aliphatic heterocycles. The third-order valence-corrected chi connectivity index (χ3v) is 5.20. The van der Waals surface area contributed by atoms with E-state index < -0.39 is 10.0 Å². The van der Waals surface area contributed by atoms with Gasteiger partial charge in [-0.15, -0.1) is 4.40 Å². The summed E-state index contributed by atoms with van der Waals surface area (Å²) in [6, 6.07) is 17.0. The van der Waals surface area contributed by atoms with E-state index in [2.05, 4.69) is 9.50 Å². The van der Waals surface area contributed by atoms with Gasteiger partial charge in [0.15, 0.2) is 5.84 Å². The smallest absolute Gasteiger partial charge is 0.256 e. The lowest BCUT2D eigenvalue weighted by Crippen LogP contribution is -2.39. The lowest BCUT2D eigenvalue weighted by molar-refractivity contribution is 0.461. The second kappa shape index (κ2) is 6.42. The van der Waals surface area contributed by atoms with Crippen molar-refractivity contribution in [2.24, 2.45) is 9.50 Å². The Bertz CT molecular complexity index is 1020. The van der Waals surface area contributed by atoms with E-state index in [0.29, 0.717) is 18.1 Å². The first-order valence-corrected chi connectivity index (χ1v) is 9.82. The number of hydrazone groups is 1. The van der Waals surface area contributed by atoms with Gasteiger partial charge >= 0.3 is 0 Å². The van der Waals surface area contributed by atoms with E-state index in [0.717, 1.165) is 22.6 Å². The van der Waals surface area contributed by atoms with Gasteiger partial charge in [0.05, 0.1) is 18.0 Å². The summed E-state index contributed by atoms with van der Waals surface area (Å²) in [6.07, 6.45) is 1.85. The Balaban J connectivity index is 1.66. The fourth-order valence-electron chi connectivity index (χ4n) is 2.85. The SMILES string of the molecule is CC1=NN2CCS(=O)(=O)N=C2C(c2ccc(Oc3ccccc3)cc2)=C1. The number of amidine groups is 1. The maximum Gasteiger partial charge on any atom is 0.256 e. The van der Waals surface area contributed by atoms with Crippen LogP contribution in [0.25, 0.3) is 5.57 Å². The highest BCUT2D eigenvalue weighted by atomic mass is 32.2. The van der Waals surface area contributed by atoms with Gasteiger partial charge in [-0.3, -0.25) is 0 Å². The van der Waals surface area contributed by atoms with Crippen molar-refractivity contribution < 1.29 is 13.2 Å². The second-order valence-electron chi connectivity index (χ2n) is 6.06. The molecule has 132 valence electrons. The highest BCUT2D eigenvalue weighted by Crippen LogP contribution is 2.28. The molecule has 2 aromatic carbocycles. The molecule has 0 saturated carbocycles. The summed E-state index contributed by atoms with van der Waals surface area (Å²) < 4.78 is 33.6. The van der Waals surface area contributed by atoms with E-state index in [1.54, 1.807) is 5.01 Å². The van der Waals surface area contributed by atoms with Crippen LogP contribution in [0.5, 0.6) is 11.5 Å². The zero-order valence-corrected chi connectivity index (χ0v) is 15.0. The molecule has 0 aliphatic carbocycles. The second-order valence-corrected chi connectivity index (χ2v) is 7.82. The van der Waals surface area contributed by atoms with Crippen molar-refractivity contribution in [3.63, 3.8) is 0 Å². The number of para-hydroxylation sites is 1. The molecule has 0 N–H and O–H groups in total. The number of benzene rings is 2. The average Bonchev–Trinajstić information content (AvgIpc) is 2.63. The summed E-state index contributed by atoms with van der Waals surface area (Å²) in [5.74, 6) is 1.81. The number of nitrogens with zero attached hydrogens (tertiary/aromatic N) is 3. The molecule has 2 aliphatic rings. The summed E-state index contributed by atoms with van der Waals surface area (Å²) in [5, 5.41) is 6.03. The predicted molar refractivity (Wildman–Crippen MR) is 102 cm³/mol. The standard InChI is InChI=1S/C19H17N3O3S/c1-14-13-18(19-21-26(23,24)12-11-22(19)20-14)15-7-9-17(10-8-15)25-16-5-3-2-4-6-16/h2-10,13H,11-12H2,1H3. The molecule has 0 bridgehead atoms. The van der Waals surface area contributed by atoms with Gasteiger partial charge in [0.1, 0.15) is 11.5 Å². The van der Waals surface area contributed by atoms with Gasteiger partial charge in [0, 0.05) is 5.57 Å². The van der Waals surface area contributed by atoms with Crippen LogP contribution in [0.15, 0.2) is 70.2 Å². The molecule has 2 aromatic rings. The van der Waals surface area contributed by atoms with Crippen LogP contribution in [0, 0.1) is 0 Å². The molecule has 2 heterocycles. The van der Waals surface area contributed by atoms with Gasteiger partial charge in [-0.2, -0.15) is 5.10 Å². The molecule has 26 heavy (non-hydrogen) atoms. The number of allylic oxidation sites excluding steroid dienone is 1. The van der Waals surface area contributed by atoms with E-state index in [4.69, 9.17) is 4.74 Å². The van der Waals surface area contributed by atoms with Crippen LogP contribution in [-0.4, -0.2) is 37.3 Å². The molecule has 7 heteroatoms. The first-order chi connectivity index (χ1) is 12.5. The minimum atomic E-state index is -3.45. The Labute approximate surface area is 152 Å². The number of hydrogen-bond acceptors (Lipinski definition) is 5. The van der Waals surface area contributed by atoms with Crippen LogP contribution in [0.2, 0.25) is 0 Å². The van der Waals surface area contributed by atoms with Gasteiger partial charge in [-0.05, 0) is 42.8 Å². The van der Waals surface area contributed by atoms with Gasteiger partial charge < -0.3 is 4.74 Å². The molecule has 0 unspecified atom stereocenters. The Morgan fingerprint density at radius 3 is 2.42 bits per heavy atom. The van der Waals surface area contributed by atoms with Crippen molar-refractivity contribution in [3.8, 4) is 11.5 Å². The summed E-state index contributed by atoms with van der Waals surface area (Å²) in [5.41, 5.74) is 2.41. The van der Waals surface area contributed by atoms with Gasteiger partial charge in [-0.1, -0.05) is 30.3 Å². The number of fused-ring (bicyclic) bond motifs is 1. The molecule has 0 fully saturated rings. The third kappa shape index (κ3) is 3.39. The lowest BCUT2D eigenvalue weighted by Gasteiger charge is -2.29. The Kier molecular flexibility index (Phi) is 4.08. The molecule has 0 radical (unpaired) electrons. The van der Waals surface area contributed by atoms with E-state index in [9.17, 15) is 8.42 Å². The highest BCUT2D eigenvalue weighted by molar-refractivity contribution is 7.90. The van der Waals surface area contributed by atoms with E-state index >= 15 is 0 Å². The van der Waals surface area contributed by atoms with Crippen LogP contribution in [-0.2, 0) is 10.0 Å². The third-order valence-electron chi connectivity index (χ3n) is 4.05. The molecule has 0 atom stereocenters. The maximum absolute atomic E-state index is 11.9. The van der Waals surface area contributed by atoms with E-state index in [-0.39, 0.29) is 5.75 Å². The first kappa shape index (κ1) is 16.5. The maximum atomic E-state index is 11.9. The van der Waals surface area contributed by atoms with Crippen molar-refractivity contribution in [1.82, 2.24) is 5.01 Å². The highest BCUT2D eigenvalue weighted by Gasteiger charge is 2.29. The van der Waals surface area contributed by atoms with Gasteiger partial charge in [-0.25, -0.2) is 13.4 Å². The van der Waals surface area contributed by atoms with Crippen LogP contribution in [0.1, 0.15) is 12.5 Å². The fraction of sp³-hybridized carbons (Fsp3) is 0.158. The number of hydrogen-bond donors (Lipinski definition) is 0. The number of sulfonamides is 1. The zero-order valence-electron chi connectivity index (χ0n) is 14.2. The van der Waals surface area contributed by atoms with E-state index in [1.165, 1.54) is 0 Å². The average molecular weight is 367 g/mol. The van der Waals surface area contributed by atoms with Crippen molar-refractivity contribution in [2.45, 2.75) is 6.92 Å². The van der Waals surface area contributed by atoms with Crippen molar-refractivity contribution in [3.05, 3.63) is 66.2 Å². The quantitative estimate of drug-likeness (QED) is 0.834. The largest absolute Gasteiger partial charge is 0.457 e. The monoisotopic (exact) mass is 367 g/mol. The molecule has 4 rings (SSSR count). The number of ether oxygens (including phenoxy) is 1. The molecular formula is C19H17N3O3S.